The summed E-state index contributed by atoms with van der Waals surface area (Å²) in [5.74, 6) is -0.312. The predicted octanol–water partition coefficient (Wildman–Crippen LogP) is 1.33. The Morgan fingerprint density at radius 2 is 1.66 bits per heavy atom. The molecule has 170 valence electrons. The van der Waals surface area contributed by atoms with Gasteiger partial charge >= 0.3 is 0 Å². The molecule has 3 rings (SSSR count). The maximum absolute atomic E-state index is 13.2. The van der Waals surface area contributed by atoms with E-state index in [1.165, 1.54) is 12.1 Å². The number of anilines is 1. The number of hydrogen-bond donors (Lipinski definition) is 3. The molecule has 1 heterocycles. The van der Waals surface area contributed by atoms with E-state index in [4.69, 9.17) is 10.7 Å². The number of carbonyl (C=O) groups is 2. The van der Waals surface area contributed by atoms with Gasteiger partial charge in [-0.25, -0.2) is 9.38 Å². The van der Waals surface area contributed by atoms with Gasteiger partial charge in [-0.2, -0.15) is 0 Å². The summed E-state index contributed by atoms with van der Waals surface area (Å²) in [6.07, 6.45) is 0. The third kappa shape index (κ3) is 6.44. The van der Waals surface area contributed by atoms with Crippen molar-refractivity contribution < 1.29 is 14.0 Å². The quantitative estimate of drug-likeness (QED) is 0.445. The van der Waals surface area contributed by atoms with E-state index in [2.05, 4.69) is 20.4 Å². The zero-order chi connectivity index (χ0) is 22.9. The summed E-state index contributed by atoms with van der Waals surface area (Å²) in [6, 6.07) is 13.7. The van der Waals surface area contributed by atoms with Crippen molar-refractivity contribution in [3.05, 3.63) is 65.5 Å². The van der Waals surface area contributed by atoms with Crippen molar-refractivity contribution in [2.75, 3.05) is 44.2 Å². The summed E-state index contributed by atoms with van der Waals surface area (Å²) < 4.78 is 13.2. The van der Waals surface area contributed by atoms with Crippen LogP contribution >= 0.6 is 0 Å². The maximum Gasteiger partial charge on any atom is 0.251 e. The molecule has 0 saturated carbocycles. The number of nitrogens with two attached hydrogens (primary N) is 1. The smallest absolute Gasteiger partial charge is 0.251 e. The van der Waals surface area contributed by atoms with Gasteiger partial charge in [0.2, 0.25) is 5.91 Å². The number of halogens is 1. The molecule has 8 nitrogen and oxygen atoms in total. The van der Waals surface area contributed by atoms with E-state index in [0.717, 1.165) is 49.9 Å². The second-order valence-corrected chi connectivity index (χ2v) is 7.47. The molecule has 0 aromatic heterocycles. The highest BCUT2D eigenvalue weighted by Crippen LogP contribution is 2.17. The Bertz CT molecular complexity index is 938. The lowest BCUT2D eigenvalue weighted by Crippen LogP contribution is -2.52. The van der Waals surface area contributed by atoms with E-state index in [9.17, 15) is 14.0 Å². The zero-order valence-corrected chi connectivity index (χ0v) is 18.2. The maximum atomic E-state index is 13.2. The molecular formula is C23H29FN6O2. The van der Waals surface area contributed by atoms with Crippen molar-refractivity contribution in [2.24, 2.45) is 10.7 Å². The minimum Gasteiger partial charge on any atom is -0.368 e. The van der Waals surface area contributed by atoms with Gasteiger partial charge in [-0.05, 0) is 48.9 Å². The van der Waals surface area contributed by atoms with Crippen molar-refractivity contribution in [2.45, 2.75) is 13.5 Å². The van der Waals surface area contributed by atoms with Crippen LogP contribution in [0.3, 0.4) is 0 Å². The average molecular weight is 441 g/mol. The second kappa shape index (κ2) is 11.1. The summed E-state index contributed by atoms with van der Waals surface area (Å²) in [5.41, 5.74) is 7.50. The molecule has 0 spiro atoms. The molecule has 1 aliphatic rings. The van der Waals surface area contributed by atoms with E-state index < -0.39 is 5.91 Å². The summed E-state index contributed by atoms with van der Waals surface area (Å²) in [5, 5.41) is 5.81. The number of nitrogens with one attached hydrogen (secondary N) is 2. The number of aliphatic imine (C=N–C) groups is 1. The first-order chi connectivity index (χ1) is 15.5. The van der Waals surface area contributed by atoms with Crippen LogP contribution in [0.5, 0.6) is 0 Å². The van der Waals surface area contributed by atoms with Gasteiger partial charge in [0, 0.05) is 44.0 Å². The Balaban J connectivity index is 1.57. The molecule has 0 bridgehead atoms. The molecule has 0 unspecified atom stereocenters. The lowest BCUT2D eigenvalue weighted by Gasteiger charge is -2.37. The molecule has 4 N–H and O–H groups in total. The van der Waals surface area contributed by atoms with Crippen molar-refractivity contribution in [3.63, 3.8) is 0 Å². The number of primary amides is 1. The van der Waals surface area contributed by atoms with Gasteiger partial charge in [0.25, 0.3) is 5.91 Å². The number of piperazine rings is 1. The number of amides is 2. The van der Waals surface area contributed by atoms with Crippen LogP contribution in [-0.2, 0) is 11.3 Å². The van der Waals surface area contributed by atoms with Gasteiger partial charge in [0.15, 0.2) is 5.96 Å². The Hall–Kier alpha value is -3.62. The second-order valence-electron chi connectivity index (χ2n) is 7.47. The Morgan fingerprint density at radius 1 is 1.00 bits per heavy atom. The van der Waals surface area contributed by atoms with E-state index in [0.29, 0.717) is 12.1 Å². The van der Waals surface area contributed by atoms with Gasteiger partial charge in [-0.3, -0.25) is 9.59 Å². The minimum atomic E-state index is -0.584. The van der Waals surface area contributed by atoms with Crippen LogP contribution in [0.25, 0.3) is 0 Å². The monoisotopic (exact) mass is 440 g/mol. The first-order valence-electron chi connectivity index (χ1n) is 10.7. The minimum absolute atomic E-state index is 0.189. The number of nitrogens with zero attached hydrogens (tertiary/aromatic N) is 3. The van der Waals surface area contributed by atoms with E-state index >= 15 is 0 Å². The molecule has 1 saturated heterocycles. The topological polar surface area (TPSA) is 103 Å². The fraction of sp³-hybridized carbons (Fsp3) is 0.348. The zero-order valence-electron chi connectivity index (χ0n) is 18.2. The van der Waals surface area contributed by atoms with Gasteiger partial charge in [0.1, 0.15) is 5.82 Å². The van der Waals surface area contributed by atoms with Gasteiger partial charge in [-0.15, -0.1) is 0 Å². The van der Waals surface area contributed by atoms with Crippen molar-refractivity contribution in [1.82, 2.24) is 15.5 Å². The van der Waals surface area contributed by atoms with Gasteiger partial charge in [-0.1, -0.05) is 12.1 Å². The van der Waals surface area contributed by atoms with Crippen LogP contribution < -0.4 is 21.3 Å². The van der Waals surface area contributed by atoms with Gasteiger partial charge < -0.3 is 26.2 Å². The summed E-state index contributed by atoms with van der Waals surface area (Å²) in [6.45, 7) is 6.34. The highest BCUT2D eigenvalue weighted by Gasteiger charge is 2.20. The molecule has 0 atom stereocenters. The first kappa shape index (κ1) is 23.1. The van der Waals surface area contributed by atoms with Crippen molar-refractivity contribution in [3.8, 4) is 0 Å². The number of benzene rings is 2. The number of carbonyl (C=O) groups excluding carboxylic acids is 2. The standard InChI is InChI=1S/C23H29FN6O2/c1-2-26-23(30-13-11-29(12-14-30)20-9-7-19(24)8-10-20)28-15-17-3-5-18(6-4-17)22(32)27-16-21(25)31/h3-10H,2,11-16H2,1H3,(H2,25,31)(H,26,28)(H,27,32). The summed E-state index contributed by atoms with van der Waals surface area (Å²) in [4.78, 5) is 32.0. The molecule has 2 amide bonds. The molecule has 1 fully saturated rings. The summed E-state index contributed by atoms with van der Waals surface area (Å²) in [7, 11) is 0. The van der Waals surface area contributed by atoms with Crippen LogP contribution in [0.2, 0.25) is 0 Å². The lowest BCUT2D eigenvalue weighted by molar-refractivity contribution is -0.117. The van der Waals surface area contributed by atoms with Crippen LogP contribution in [0.15, 0.2) is 53.5 Å². The normalized spacial score (nSPS) is 14.2. The first-order valence-corrected chi connectivity index (χ1v) is 10.7. The Morgan fingerprint density at radius 3 is 2.25 bits per heavy atom. The number of rotatable bonds is 7. The Kier molecular flexibility index (Phi) is 8.02. The Labute approximate surface area is 187 Å². The summed E-state index contributed by atoms with van der Waals surface area (Å²) >= 11 is 0. The molecule has 1 aliphatic heterocycles. The fourth-order valence-electron chi connectivity index (χ4n) is 3.45. The molecule has 2 aromatic carbocycles. The molecule has 9 heteroatoms. The molecular weight excluding hydrogens is 411 g/mol. The van der Waals surface area contributed by atoms with Crippen LogP contribution in [-0.4, -0.2) is 61.9 Å². The third-order valence-electron chi connectivity index (χ3n) is 5.16. The van der Waals surface area contributed by atoms with E-state index in [-0.39, 0.29) is 18.3 Å². The fourth-order valence-corrected chi connectivity index (χ4v) is 3.45. The molecule has 32 heavy (non-hydrogen) atoms. The highest BCUT2D eigenvalue weighted by atomic mass is 19.1. The van der Waals surface area contributed by atoms with Crippen LogP contribution in [0.4, 0.5) is 10.1 Å². The molecule has 0 aliphatic carbocycles. The van der Waals surface area contributed by atoms with Crippen molar-refractivity contribution >= 4 is 23.5 Å². The molecule has 0 radical (unpaired) electrons. The van der Waals surface area contributed by atoms with Crippen LogP contribution in [0.1, 0.15) is 22.8 Å². The van der Waals surface area contributed by atoms with Gasteiger partial charge in [0.05, 0.1) is 13.1 Å². The number of hydrogen-bond acceptors (Lipinski definition) is 4. The largest absolute Gasteiger partial charge is 0.368 e. The SMILES string of the molecule is CCNC(=NCc1ccc(C(=O)NCC(N)=O)cc1)N1CCN(c2ccc(F)cc2)CC1. The van der Waals surface area contributed by atoms with Crippen LogP contribution in [0, 0.1) is 5.82 Å². The average Bonchev–Trinajstić information content (AvgIpc) is 2.81. The number of guanidine groups is 1. The lowest BCUT2D eigenvalue weighted by atomic mass is 10.1. The van der Waals surface area contributed by atoms with E-state index in [1.54, 1.807) is 12.1 Å². The van der Waals surface area contributed by atoms with Crippen molar-refractivity contribution in [1.29, 1.82) is 0 Å². The highest BCUT2D eigenvalue weighted by molar-refractivity contribution is 5.96. The predicted molar refractivity (Wildman–Crippen MR) is 123 cm³/mol. The third-order valence-corrected chi connectivity index (χ3v) is 5.16. The van der Waals surface area contributed by atoms with E-state index in [1.807, 2.05) is 31.2 Å². The molecule has 2 aromatic rings.